The molecule has 1 N–H and O–H groups in total. The van der Waals surface area contributed by atoms with Crippen LogP contribution < -0.4 is 24.3 Å². The number of likely N-dealkylation sites (tertiary alicyclic amines) is 1. The van der Waals surface area contributed by atoms with Crippen molar-refractivity contribution in [1.29, 1.82) is 0 Å². The molecule has 8 rings (SSSR count). The average Bonchev–Trinajstić information content (AvgIpc) is 3.36. The van der Waals surface area contributed by atoms with Gasteiger partial charge in [0.15, 0.2) is 0 Å². The molecule has 2 heterocycles. The number of aryl methyl sites for hydroxylation is 2. The van der Waals surface area contributed by atoms with Gasteiger partial charge in [0, 0.05) is 36.3 Å². The number of benzene rings is 6. The fraction of sp³-hybridized carbons (Fsp3) is 0.386. The summed E-state index contributed by atoms with van der Waals surface area (Å²) in [4.78, 5) is 46.2. The SMILES string of the molecule is COc1cc(C)cc(OC)c1CN(C(=O)c1ccc2ccccc2c1)C1CCN(C(=O)OC(C)(C)C)CC1.COc1cc(C)cc(OC)c1CN(C(=O)c1ccc2ccccc2c1)C1CCNCC1. The zero-order valence-electron chi connectivity index (χ0n) is 41.7. The summed E-state index contributed by atoms with van der Waals surface area (Å²) in [7, 11) is 6.59. The van der Waals surface area contributed by atoms with Crippen LogP contribution in [0, 0.1) is 13.8 Å². The summed E-state index contributed by atoms with van der Waals surface area (Å²) in [5.41, 5.74) is 4.59. The summed E-state index contributed by atoms with van der Waals surface area (Å²) >= 11 is 0. The van der Waals surface area contributed by atoms with Crippen molar-refractivity contribution in [2.45, 2.75) is 91.1 Å². The van der Waals surface area contributed by atoms with Crippen LogP contribution in [0.1, 0.15) is 89.4 Å². The first-order chi connectivity index (χ1) is 33.2. The number of hydrogen-bond acceptors (Lipinski definition) is 9. The maximum absolute atomic E-state index is 14.1. The number of amides is 3. The van der Waals surface area contributed by atoms with Crippen molar-refractivity contribution in [3.63, 3.8) is 0 Å². The predicted octanol–water partition coefficient (Wildman–Crippen LogP) is 10.8. The molecule has 0 atom stereocenters. The predicted molar refractivity (Wildman–Crippen MR) is 273 cm³/mol. The molecule has 2 aliphatic heterocycles. The molecule has 12 heteroatoms. The molecule has 2 fully saturated rings. The van der Waals surface area contributed by atoms with Gasteiger partial charge in [0.25, 0.3) is 11.8 Å². The smallest absolute Gasteiger partial charge is 0.410 e. The minimum Gasteiger partial charge on any atom is -0.496 e. The second-order valence-corrected chi connectivity index (χ2v) is 19.0. The Labute approximate surface area is 407 Å². The van der Waals surface area contributed by atoms with Gasteiger partial charge in [-0.3, -0.25) is 9.59 Å². The van der Waals surface area contributed by atoms with Crippen LogP contribution in [0.5, 0.6) is 23.0 Å². The fourth-order valence-corrected chi connectivity index (χ4v) is 9.40. The van der Waals surface area contributed by atoms with Crippen molar-refractivity contribution in [3.8, 4) is 23.0 Å². The molecule has 0 bridgehead atoms. The summed E-state index contributed by atoms with van der Waals surface area (Å²) in [6.07, 6.45) is 2.83. The minimum atomic E-state index is -0.551. The third-order valence-electron chi connectivity index (χ3n) is 13.0. The molecule has 0 aromatic heterocycles. The highest BCUT2D eigenvalue weighted by Gasteiger charge is 2.34. The van der Waals surface area contributed by atoms with Crippen LogP contribution in [0.2, 0.25) is 0 Å². The Balaban J connectivity index is 0.000000208. The number of ether oxygens (including phenoxy) is 5. The van der Waals surface area contributed by atoms with Crippen molar-refractivity contribution in [1.82, 2.24) is 20.0 Å². The van der Waals surface area contributed by atoms with Gasteiger partial charge >= 0.3 is 6.09 Å². The van der Waals surface area contributed by atoms with Crippen LogP contribution in [0.15, 0.2) is 109 Å². The monoisotopic (exact) mass is 937 g/mol. The lowest BCUT2D eigenvalue weighted by Crippen LogP contribution is -2.49. The topological polar surface area (TPSA) is 119 Å². The van der Waals surface area contributed by atoms with E-state index in [1.165, 1.54) is 0 Å². The average molecular weight is 937 g/mol. The zero-order valence-corrected chi connectivity index (χ0v) is 41.7. The number of methoxy groups -OCH3 is 4. The van der Waals surface area contributed by atoms with Crippen LogP contribution in [0.4, 0.5) is 4.79 Å². The number of nitrogens with zero attached hydrogens (tertiary/aromatic N) is 3. The van der Waals surface area contributed by atoms with Gasteiger partial charge in [0.2, 0.25) is 0 Å². The van der Waals surface area contributed by atoms with Gasteiger partial charge in [0.05, 0.1) is 52.7 Å². The zero-order chi connectivity index (χ0) is 49.2. The Morgan fingerprint density at radius 3 is 1.30 bits per heavy atom. The van der Waals surface area contributed by atoms with Crippen molar-refractivity contribution in [3.05, 3.63) is 143 Å². The Morgan fingerprint density at radius 1 is 0.551 bits per heavy atom. The van der Waals surface area contributed by atoms with Gasteiger partial charge in [-0.15, -0.1) is 0 Å². The van der Waals surface area contributed by atoms with E-state index < -0.39 is 5.60 Å². The van der Waals surface area contributed by atoms with Crippen molar-refractivity contribution < 1.29 is 38.1 Å². The maximum Gasteiger partial charge on any atom is 0.410 e. The highest BCUT2D eigenvalue weighted by molar-refractivity contribution is 6.00. The Kier molecular flexibility index (Phi) is 16.4. The summed E-state index contributed by atoms with van der Waals surface area (Å²) in [6, 6.07) is 35.9. The van der Waals surface area contributed by atoms with Crippen molar-refractivity contribution >= 4 is 39.5 Å². The van der Waals surface area contributed by atoms with Gasteiger partial charge in [-0.05, 0) is 155 Å². The Bertz CT molecular complexity index is 2700. The van der Waals surface area contributed by atoms with Crippen LogP contribution in [0.3, 0.4) is 0 Å². The van der Waals surface area contributed by atoms with Crippen LogP contribution in [-0.2, 0) is 17.8 Å². The molecule has 0 unspecified atom stereocenters. The number of piperidine rings is 2. The molecule has 0 radical (unpaired) electrons. The van der Waals surface area contributed by atoms with E-state index in [0.29, 0.717) is 61.6 Å². The van der Waals surface area contributed by atoms with Crippen LogP contribution >= 0.6 is 0 Å². The van der Waals surface area contributed by atoms with Gasteiger partial charge in [-0.2, -0.15) is 0 Å². The molecule has 0 spiro atoms. The minimum absolute atomic E-state index is 0.0438. The summed E-state index contributed by atoms with van der Waals surface area (Å²) < 4.78 is 28.3. The molecule has 6 aromatic carbocycles. The van der Waals surface area contributed by atoms with E-state index in [9.17, 15) is 14.4 Å². The Hall–Kier alpha value is -6.79. The van der Waals surface area contributed by atoms with E-state index in [0.717, 1.165) is 81.2 Å². The molecule has 0 saturated carbocycles. The number of hydrogen-bond donors (Lipinski definition) is 1. The van der Waals surface area contributed by atoms with E-state index in [4.69, 9.17) is 23.7 Å². The first-order valence-electron chi connectivity index (χ1n) is 23.9. The molecule has 6 aromatic rings. The van der Waals surface area contributed by atoms with Gasteiger partial charge in [-0.1, -0.05) is 60.7 Å². The largest absolute Gasteiger partial charge is 0.496 e. The number of carbonyl (C=O) groups excluding carboxylic acids is 3. The summed E-state index contributed by atoms with van der Waals surface area (Å²) in [5.74, 6) is 2.86. The Morgan fingerprint density at radius 2 is 0.928 bits per heavy atom. The van der Waals surface area contributed by atoms with Crippen molar-refractivity contribution in [2.24, 2.45) is 0 Å². The molecule has 364 valence electrons. The van der Waals surface area contributed by atoms with Gasteiger partial charge in [-0.25, -0.2) is 4.79 Å². The maximum atomic E-state index is 14.1. The normalized spacial score (nSPS) is 14.4. The lowest BCUT2D eigenvalue weighted by Gasteiger charge is -2.39. The highest BCUT2D eigenvalue weighted by Crippen LogP contribution is 2.36. The van der Waals surface area contributed by atoms with E-state index in [1.807, 2.05) is 148 Å². The highest BCUT2D eigenvalue weighted by atomic mass is 16.6. The van der Waals surface area contributed by atoms with E-state index in [2.05, 4.69) is 11.4 Å². The molecular formula is C57H68N4O8. The summed E-state index contributed by atoms with van der Waals surface area (Å²) in [6.45, 7) is 13.2. The van der Waals surface area contributed by atoms with Crippen molar-refractivity contribution in [2.75, 3.05) is 54.6 Å². The molecule has 12 nitrogen and oxygen atoms in total. The van der Waals surface area contributed by atoms with E-state index in [-0.39, 0.29) is 30.0 Å². The van der Waals surface area contributed by atoms with Crippen LogP contribution in [-0.4, -0.2) is 105 Å². The third-order valence-corrected chi connectivity index (χ3v) is 13.0. The number of carbonyl (C=O) groups is 3. The molecule has 69 heavy (non-hydrogen) atoms. The number of nitrogens with one attached hydrogen (secondary N) is 1. The molecule has 3 amide bonds. The first kappa shape index (κ1) is 50.1. The first-order valence-corrected chi connectivity index (χ1v) is 23.9. The van der Waals surface area contributed by atoms with E-state index in [1.54, 1.807) is 33.3 Å². The van der Waals surface area contributed by atoms with Crippen LogP contribution in [0.25, 0.3) is 21.5 Å². The second kappa shape index (κ2) is 22.5. The van der Waals surface area contributed by atoms with Gasteiger partial charge < -0.3 is 43.7 Å². The molecule has 2 saturated heterocycles. The lowest BCUT2D eigenvalue weighted by molar-refractivity contribution is 0.0141. The van der Waals surface area contributed by atoms with Gasteiger partial charge in [0.1, 0.15) is 28.6 Å². The molecule has 0 aliphatic carbocycles. The quantitative estimate of drug-likeness (QED) is 0.128. The second-order valence-electron chi connectivity index (χ2n) is 19.0. The summed E-state index contributed by atoms with van der Waals surface area (Å²) in [5, 5.41) is 7.71. The standard InChI is InChI=1S/C31H38N2O5.C26H30N2O3/c1-21-17-27(36-5)26(28(18-21)37-6)20-33(25-13-15-32(16-14-25)30(35)38-31(2,3)4)29(34)24-12-11-22-9-7-8-10-23(22)19-24;1-18-14-24(30-2)23(25(15-18)31-3)17-28(22-10-12-27-13-11-22)26(29)21-9-8-19-6-4-5-7-20(19)16-21/h7-12,17-19,25H,13-16,20H2,1-6H3;4-9,14-16,22,27H,10-13,17H2,1-3H3. The van der Waals surface area contributed by atoms with E-state index >= 15 is 0 Å². The lowest BCUT2D eigenvalue weighted by atomic mass is 9.99. The number of fused-ring (bicyclic) bond motifs is 2. The molecule has 2 aliphatic rings. The number of rotatable bonds is 12. The molecular weight excluding hydrogens is 869 g/mol. The third kappa shape index (κ3) is 12.3. The fourth-order valence-electron chi connectivity index (χ4n) is 9.40.